The Morgan fingerprint density at radius 1 is 0.708 bits per heavy atom. The van der Waals surface area contributed by atoms with Crippen LogP contribution in [0.1, 0.15) is 0 Å². The smallest absolute Gasteiger partial charge is 0.221 e. The van der Waals surface area contributed by atoms with Crippen molar-refractivity contribution in [1.82, 2.24) is 19.9 Å². The van der Waals surface area contributed by atoms with Gasteiger partial charge in [-0.3, -0.25) is 9.97 Å². The Hall–Kier alpha value is -2.99. The van der Waals surface area contributed by atoms with Crippen molar-refractivity contribution in [3.05, 3.63) is 73.3 Å². The molecular formula is C18H12N4OS. The molecule has 0 saturated heterocycles. The number of pyridine rings is 2. The number of hydrogen-bond acceptors (Lipinski definition) is 6. The topological polar surface area (TPSA) is 60.8 Å². The van der Waals surface area contributed by atoms with Gasteiger partial charge >= 0.3 is 0 Å². The van der Waals surface area contributed by atoms with E-state index < -0.39 is 0 Å². The molecule has 0 bridgehead atoms. The molecular weight excluding hydrogens is 320 g/mol. The third kappa shape index (κ3) is 3.33. The molecule has 0 radical (unpaired) electrons. The first-order valence-corrected chi connectivity index (χ1v) is 8.12. The Balaban J connectivity index is 1.50. The molecule has 0 aliphatic rings. The maximum absolute atomic E-state index is 5.79. The zero-order valence-electron chi connectivity index (χ0n) is 12.5. The van der Waals surface area contributed by atoms with Crippen LogP contribution in [-0.4, -0.2) is 19.9 Å². The summed E-state index contributed by atoms with van der Waals surface area (Å²) in [5.74, 6) is 1.22. The molecule has 0 aliphatic heterocycles. The fourth-order valence-corrected chi connectivity index (χ4v) is 2.93. The van der Waals surface area contributed by atoms with E-state index in [0.717, 1.165) is 21.1 Å². The predicted octanol–water partition coefficient (Wildman–Crippen LogP) is 4.36. The van der Waals surface area contributed by atoms with Gasteiger partial charge in [-0.1, -0.05) is 11.8 Å². The van der Waals surface area contributed by atoms with Crippen LogP contribution in [-0.2, 0) is 0 Å². The largest absolute Gasteiger partial charge is 0.439 e. The molecule has 0 unspecified atom stereocenters. The van der Waals surface area contributed by atoms with Gasteiger partial charge < -0.3 is 4.74 Å². The molecule has 4 aromatic rings. The van der Waals surface area contributed by atoms with E-state index in [0.29, 0.717) is 11.5 Å². The van der Waals surface area contributed by atoms with Crippen LogP contribution in [0.3, 0.4) is 0 Å². The highest BCUT2D eigenvalue weighted by atomic mass is 32.2. The van der Waals surface area contributed by atoms with Gasteiger partial charge in [0.25, 0.3) is 0 Å². The first-order valence-electron chi connectivity index (χ1n) is 7.30. The van der Waals surface area contributed by atoms with Crippen LogP contribution in [0.25, 0.3) is 11.2 Å². The Morgan fingerprint density at radius 3 is 2.29 bits per heavy atom. The van der Waals surface area contributed by atoms with Crippen LogP contribution >= 0.6 is 11.8 Å². The molecule has 0 fully saturated rings. The predicted molar refractivity (Wildman–Crippen MR) is 92.2 cm³/mol. The zero-order chi connectivity index (χ0) is 16.2. The lowest BCUT2D eigenvalue weighted by molar-refractivity contribution is 0.464. The lowest BCUT2D eigenvalue weighted by Crippen LogP contribution is -1.91. The number of fused-ring (bicyclic) bond motifs is 1. The van der Waals surface area contributed by atoms with Crippen molar-refractivity contribution in [2.75, 3.05) is 0 Å². The fourth-order valence-electron chi connectivity index (χ4n) is 2.13. The van der Waals surface area contributed by atoms with E-state index in [1.165, 1.54) is 0 Å². The molecule has 6 heteroatoms. The van der Waals surface area contributed by atoms with Crippen molar-refractivity contribution in [2.24, 2.45) is 0 Å². The van der Waals surface area contributed by atoms with Crippen LogP contribution < -0.4 is 4.74 Å². The number of nitrogens with zero attached hydrogens (tertiary/aromatic N) is 4. The SMILES string of the molecule is c1cc(Sc2ccc(Oc3ccc4nccnc4n3)cc2)ccn1. The van der Waals surface area contributed by atoms with Gasteiger partial charge in [-0.05, 0) is 42.5 Å². The van der Waals surface area contributed by atoms with Crippen LogP contribution in [0.5, 0.6) is 11.6 Å². The summed E-state index contributed by atoms with van der Waals surface area (Å²) >= 11 is 1.68. The van der Waals surface area contributed by atoms with Crippen LogP contribution in [0.4, 0.5) is 0 Å². The van der Waals surface area contributed by atoms with E-state index in [1.54, 1.807) is 42.6 Å². The van der Waals surface area contributed by atoms with Crippen LogP contribution in [0, 0.1) is 0 Å². The van der Waals surface area contributed by atoms with E-state index >= 15 is 0 Å². The normalized spacial score (nSPS) is 10.7. The van der Waals surface area contributed by atoms with E-state index in [-0.39, 0.29) is 0 Å². The molecule has 0 atom stereocenters. The van der Waals surface area contributed by atoms with Crippen LogP contribution in [0.15, 0.2) is 83.1 Å². The van der Waals surface area contributed by atoms with Gasteiger partial charge in [0.1, 0.15) is 11.3 Å². The van der Waals surface area contributed by atoms with E-state index in [2.05, 4.69) is 19.9 Å². The van der Waals surface area contributed by atoms with Gasteiger partial charge in [-0.2, -0.15) is 4.98 Å². The molecule has 3 aromatic heterocycles. The lowest BCUT2D eigenvalue weighted by Gasteiger charge is -2.06. The summed E-state index contributed by atoms with van der Waals surface area (Å²) in [5, 5.41) is 0. The molecule has 0 N–H and O–H groups in total. The maximum Gasteiger partial charge on any atom is 0.221 e. The molecule has 3 heterocycles. The lowest BCUT2D eigenvalue weighted by atomic mass is 10.3. The van der Waals surface area contributed by atoms with Crippen molar-refractivity contribution in [3.8, 4) is 11.6 Å². The monoisotopic (exact) mass is 332 g/mol. The second-order valence-electron chi connectivity index (χ2n) is 4.91. The molecule has 5 nitrogen and oxygen atoms in total. The Morgan fingerprint density at radius 2 is 1.46 bits per heavy atom. The number of ether oxygens (including phenoxy) is 1. The summed E-state index contributed by atoms with van der Waals surface area (Å²) < 4.78 is 5.79. The summed E-state index contributed by atoms with van der Waals surface area (Å²) in [6, 6.07) is 15.5. The second-order valence-corrected chi connectivity index (χ2v) is 6.05. The van der Waals surface area contributed by atoms with Gasteiger partial charge in [0, 0.05) is 40.6 Å². The minimum atomic E-state index is 0.498. The molecule has 1 aromatic carbocycles. The van der Waals surface area contributed by atoms with E-state index in [4.69, 9.17) is 4.74 Å². The Labute approximate surface area is 142 Å². The van der Waals surface area contributed by atoms with Crippen molar-refractivity contribution in [3.63, 3.8) is 0 Å². The van der Waals surface area contributed by atoms with Crippen molar-refractivity contribution in [1.29, 1.82) is 0 Å². The van der Waals surface area contributed by atoms with Crippen molar-refractivity contribution in [2.45, 2.75) is 9.79 Å². The summed E-state index contributed by atoms with van der Waals surface area (Å²) in [4.78, 5) is 19.0. The summed E-state index contributed by atoms with van der Waals surface area (Å²) in [7, 11) is 0. The number of benzene rings is 1. The summed E-state index contributed by atoms with van der Waals surface area (Å²) in [5.41, 5.74) is 1.31. The maximum atomic E-state index is 5.79. The first-order chi connectivity index (χ1) is 11.9. The molecule has 0 aliphatic carbocycles. The molecule has 116 valence electrons. The van der Waals surface area contributed by atoms with Crippen LogP contribution in [0.2, 0.25) is 0 Å². The van der Waals surface area contributed by atoms with Crippen molar-refractivity contribution < 1.29 is 4.74 Å². The second kappa shape index (κ2) is 6.64. The molecule has 24 heavy (non-hydrogen) atoms. The van der Waals surface area contributed by atoms with Gasteiger partial charge in [0.2, 0.25) is 5.88 Å². The molecule has 0 amide bonds. The van der Waals surface area contributed by atoms with E-state index in [9.17, 15) is 0 Å². The number of aromatic nitrogens is 4. The van der Waals surface area contributed by atoms with E-state index in [1.807, 2.05) is 42.5 Å². The Bertz CT molecular complexity index is 961. The minimum Gasteiger partial charge on any atom is -0.439 e. The summed E-state index contributed by atoms with van der Waals surface area (Å²) in [6.07, 6.45) is 6.83. The van der Waals surface area contributed by atoms with Crippen molar-refractivity contribution >= 4 is 22.9 Å². The number of rotatable bonds is 4. The van der Waals surface area contributed by atoms with Gasteiger partial charge in [-0.15, -0.1) is 0 Å². The molecule has 4 rings (SSSR count). The fraction of sp³-hybridized carbons (Fsp3) is 0. The number of hydrogen-bond donors (Lipinski definition) is 0. The Kier molecular flexibility index (Phi) is 4.04. The quantitative estimate of drug-likeness (QED) is 0.553. The molecule has 0 saturated carbocycles. The zero-order valence-corrected chi connectivity index (χ0v) is 13.4. The average molecular weight is 332 g/mol. The van der Waals surface area contributed by atoms with Gasteiger partial charge in [0.15, 0.2) is 5.65 Å². The minimum absolute atomic E-state index is 0.498. The highest BCUT2D eigenvalue weighted by Gasteiger charge is 2.03. The average Bonchev–Trinajstić information content (AvgIpc) is 2.64. The first kappa shape index (κ1) is 14.6. The third-order valence-electron chi connectivity index (χ3n) is 3.24. The third-order valence-corrected chi connectivity index (χ3v) is 4.25. The van der Waals surface area contributed by atoms with Gasteiger partial charge in [0.05, 0.1) is 0 Å². The molecule has 0 spiro atoms. The highest BCUT2D eigenvalue weighted by Crippen LogP contribution is 2.29. The standard InChI is InChI=1S/C18H12N4OS/c1-3-14(24-15-7-9-19-10-8-15)4-2-13(1)23-17-6-5-16-18(22-17)21-12-11-20-16/h1-12H. The van der Waals surface area contributed by atoms with Gasteiger partial charge in [-0.25, -0.2) is 4.98 Å². The highest BCUT2D eigenvalue weighted by molar-refractivity contribution is 7.99. The summed E-state index contributed by atoms with van der Waals surface area (Å²) in [6.45, 7) is 0.